The Morgan fingerprint density at radius 3 is 2.80 bits per heavy atom. The van der Waals surface area contributed by atoms with E-state index in [9.17, 15) is 0 Å². The van der Waals surface area contributed by atoms with Crippen molar-refractivity contribution in [3.8, 4) is 0 Å². The van der Waals surface area contributed by atoms with Gasteiger partial charge in [0.05, 0.1) is 0 Å². The second-order valence-corrected chi connectivity index (χ2v) is 5.71. The minimum absolute atomic E-state index is 1.11. The van der Waals surface area contributed by atoms with E-state index >= 15 is 0 Å². The molecule has 0 saturated heterocycles. The lowest BCUT2D eigenvalue weighted by molar-refractivity contribution is 0.410. The van der Waals surface area contributed by atoms with Crippen molar-refractivity contribution in [2.45, 2.75) is 19.8 Å². The fraction of sp³-hybridized carbons (Fsp3) is 1.00. The average molecular weight is 130 g/mol. The molecule has 0 bridgehead atoms. The van der Waals surface area contributed by atoms with E-state index in [4.69, 9.17) is 0 Å². The number of hydrogen-bond donors (Lipinski definition) is 0. The Balaban J connectivity index is 1.67. The van der Waals surface area contributed by atoms with Gasteiger partial charge in [0.15, 0.2) is 0 Å². The number of hydrogen-bond acceptors (Lipinski definition) is 0. The van der Waals surface area contributed by atoms with Crippen LogP contribution < -0.4 is 0 Å². The van der Waals surface area contributed by atoms with Gasteiger partial charge in [0.2, 0.25) is 0 Å². The van der Waals surface area contributed by atoms with Crippen molar-refractivity contribution in [1.29, 1.82) is 0 Å². The van der Waals surface area contributed by atoms with Crippen LogP contribution >= 0.6 is 0 Å². The van der Waals surface area contributed by atoms with Crippen molar-refractivity contribution < 1.29 is 0 Å². The van der Waals surface area contributed by atoms with Crippen LogP contribution in [0.15, 0.2) is 0 Å². The molecule has 0 heterocycles. The zero-order valence-electron chi connectivity index (χ0n) is 6.15. The molecule has 7 unspecified atom stereocenters. The molecule has 0 nitrogen and oxygen atoms in total. The minimum Gasteiger partial charge on any atom is -0.0651 e. The highest BCUT2D eigenvalue weighted by atomic mass is 15.5. The van der Waals surface area contributed by atoms with Gasteiger partial charge in [-0.15, -0.1) is 0 Å². The van der Waals surface area contributed by atoms with Crippen LogP contribution in [0, 0.1) is 39.4 Å². The van der Waals surface area contributed by atoms with Gasteiger partial charge in [-0.25, -0.2) is 0 Å². The Bertz CT molecular complexity index is 345. The normalized spacial score (nSPS) is 113. The molecule has 0 aromatic carbocycles. The third kappa shape index (κ3) is 0.0716. The lowest BCUT2D eigenvalue weighted by Crippen LogP contribution is -2.01. The second-order valence-electron chi connectivity index (χ2n) is 5.71. The van der Waals surface area contributed by atoms with Crippen LogP contribution in [-0.2, 0) is 0 Å². The average Bonchev–Trinajstić information content (AvgIpc) is 2.69. The van der Waals surface area contributed by atoms with Crippen LogP contribution in [0.1, 0.15) is 19.8 Å². The Hall–Kier alpha value is 0. The van der Waals surface area contributed by atoms with Crippen LogP contribution in [0.5, 0.6) is 0 Å². The predicted octanol–water partition coefficient (Wildman–Crippen LogP) is 1.66. The minimum atomic E-state index is 1.11. The van der Waals surface area contributed by atoms with Gasteiger partial charge in [0.25, 0.3) is 0 Å². The maximum Gasteiger partial charge on any atom is -0.00565 e. The Morgan fingerprint density at radius 2 is 2.30 bits per heavy atom. The van der Waals surface area contributed by atoms with E-state index in [1.165, 1.54) is 24.2 Å². The molecule has 0 amide bonds. The molecule has 6 fully saturated rings. The van der Waals surface area contributed by atoms with Crippen LogP contribution in [0.2, 0.25) is 0 Å². The fourth-order valence-electron chi connectivity index (χ4n) is 7.05. The predicted molar refractivity (Wildman–Crippen MR) is 35.1 cm³/mol. The van der Waals surface area contributed by atoms with Crippen molar-refractivity contribution in [1.82, 2.24) is 0 Å². The van der Waals surface area contributed by atoms with Crippen molar-refractivity contribution >= 4 is 0 Å². The van der Waals surface area contributed by atoms with E-state index < -0.39 is 0 Å². The quantitative estimate of drug-likeness (QED) is 0.506. The first-order valence-electron chi connectivity index (χ1n) is 4.90. The molecule has 6 rings (SSSR count). The zero-order chi connectivity index (χ0) is 6.15. The molecule has 10 heavy (non-hydrogen) atoms. The molecule has 0 aromatic heterocycles. The van der Waals surface area contributed by atoms with Gasteiger partial charge in [0.1, 0.15) is 0 Å². The highest BCUT2D eigenvalue weighted by molar-refractivity contribution is 5.93. The zero-order valence-corrected chi connectivity index (χ0v) is 6.15. The SMILES string of the molecule is CCC1C2C13C14C5CC51C234. The van der Waals surface area contributed by atoms with Gasteiger partial charge < -0.3 is 0 Å². The van der Waals surface area contributed by atoms with E-state index in [1.54, 1.807) is 6.42 Å². The van der Waals surface area contributed by atoms with E-state index in [0.717, 1.165) is 21.7 Å². The molecule has 0 radical (unpaired) electrons. The van der Waals surface area contributed by atoms with Crippen molar-refractivity contribution in [3.63, 3.8) is 0 Å². The molecule has 0 aliphatic heterocycles. The molecule has 6 aliphatic rings. The molecule has 4 spiro atoms. The van der Waals surface area contributed by atoms with Crippen LogP contribution in [0.3, 0.4) is 0 Å². The van der Waals surface area contributed by atoms with E-state index in [-0.39, 0.29) is 0 Å². The maximum atomic E-state index is 2.40. The Labute approximate surface area is 60.0 Å². The molecule has 6 saturated carbocycles. The molecule has 6 aliphatic carbocycles. The maximum absolute atomic E-state index is 2.40. The highest BCUT2D eigenvalue weighted by Gasteiger charge is 3.48. The van der Waals surface area contributed by atoms with Gasteiger partial charge in [-0.3, -0.25) is 0 Å². The summed E-state index contributed by atoms with van der Waals surface area (Å²) in [6.07, 6.45) is 3.19. The second kappa shape index (κ2) is 0.470. The number of rotatable bonds is 1. The van der Waals surface area contributed by atoms with Gasteiger partial charge in [0, 0.05) is 0 Å². The van der Waals surface area contributed by atoms with Gasteiger partial charge in [-0.1, -0.05) is 13.3 Å². The Morgan fingerprint density at radius 1 is 1.40 bits per heavy atom. The summed E-state index contributed by atoms with van der Waals surface area (Å²) in [5, 5.41) is 0. The van der Waals surface area contributed by atoms with Crippen molar-refractivity contribution in [2.75, 3.05) is 0 Å². The van der Waals surface area contributed by atoms with Crippen molar-refractivity contribution in [3.05, 3.63) is 0 Å². The molecular formula is C10H10. The van der Waals surface area contributed by atoms with E-state index in [1.807, 2.05) is 0 Å². The summed E-state index contributed by atoms with van der Waals surface area (Å²) in [6.45, 7) is 2.40. The monoisotopic (exact) mass is 130 g/mol. The lowest BCUT2D eigenvalue weighted by atomic mass is 9.98. The van der Waals surface area contributed by atoms with E-state index in [2.05, 4.69) is 6.92 Å². The molecule has 0 heteroatoms. The van der Waals surface area contributed by atoms with Crippen molar-refractivity contribution in [2.24, 2.45) is 39.4 Å². The third-order valence-electron chi connectivity index (χ3n) is 6.80. The largest absolute Gasteiger partial charge is 0.0651 e. The molecule has 50 valence electrons. The van der Waals surface area contributed by atoms with Crippen LogP contribution in [-0.4, -0.2) is 0 Å². The summed E-state index contributed by atoms with van der Waals surface area (Å²) in [7, 11) is 0. The smallest absolute Gasteiger partial charge is 0.00565 e. The highest BCUT2D eigenvalue weighted by Crippen LogP contribution is 3.50. The standard InChI is InChI=1S/C10H10/c1-2-4-6-8(4)9-5-3-7(5,9)10(6,8)9/h4-6H,2-3H2,1H3. The fourth-order valence-corrected chi connectivity index (χ4v) is 7.05. The molecule has 0 N–H and O–H groups in total. The van der Waals surface area contributed by atoms with Gasteiger partial charge >= 0.3 is 0 Å². The summed E-state index contributed by atoms with van der Waals surface area (Å²) < 4.78 is 0. The summed E-state index contributed by atoms with van der Waals surface area (Å²) in [6, 6.07) is 0. The summed E-state index contributed by atoms with van der Waals surface area (Å²) in [5.41, 5.74) is 4.50. The first kappa shape index (κ1) is 3.60. The molecule has 0 aromatic rings. The van der Waals surface area contributed by atoms with Crippen LogP contribution in [0.25, 0.3) is 0 Å². The third-order valence-corrected chi connectivity index (χ3v) is 6.80. The topological polar surface area (TPSA) is 0 Å². The van der Waals surface area contributed by atoms with Gasteiger partial charge in [-0.2, -0.15) is 0 Å². The molecular weight excluding hydrogens is 120 g/mol. The molecule has 7 atom stereocenters. The summed E-state index contributed by atoms with van der Waals surface area (Å²) in [5.74, 6) is 3.91. The lowest BCUT2D eigenvalue weighted by Gasteiger charge is -2.05. The van der Waals surface area contributed by atoms with Gasteiger partial charge in [-0.05, 0) is 45.8 Å². The van der Waals surface area contributed by atoms with Crippen LogP contribution in [0.4, 0.5) is 0 Å². The first-order valence-corrected chi connectivity index (χ1v) is 4.90. The Kier molecular flexibility index (Phi) is 0.169. The summed E-state index contributed by atoms with van der Waals surface area (Å²) >= 11 is 0. The van der Waals surface area contributed by atoms with E-state index in [0.29, 0.717) is 0 Å². The first-order chi connectivity index (χ1) is 4.90. The summed E-state index contributed by atoms with van der Waals surface area (Å²) in [4.78, 5) is 0.